The van der Waals surface area contributed by atoms with Gasteiger partial charge in [0.15, 0.2) is 73.2 Å². The number of carbonyl (C=O) groups excluding carboxylic acids is 1. The molecule has 51 nitrogen and oxygen atoms in total. The lowest BCUT2D eigenvalue weighted by molar-refractivity contribution is -0.396. The van der Waals surface area contributed by atoms with Gasteiger partial charge in [0.05, 0.1) is 91.5 Å². The maximum Gasteiger partial charge on any atom is 0.314 e. The number of rotatable bonds is 37. The Morgan fingerprint density at radius 1 is 0.431 bits per heavy atom. The molecule has 9 aliphatic rings. The van der Waals surface area contributed by atoms with Crippen LogP contribution in [0, 0.1) is 0 Å². The van der Waals surface area contributed by atoms with Crippen LogP contribution < -0.4 is 0 Å². The van der Waals surface area contributed by atoms with E-state index in [2.05, 4.69) is 56.1 Å². The smallest absolute Gasteiger partial charge is 0.314 e. The summed E-state index contributed by atoms with van der Waals surface area (Å²) in [6.07, 6.45) is -85.4. The number of aliphatic hydroxyl groups excluding tert-OH is 26. The molecule has 0 saturated carbocycles. The Balaban J connectivity index is 0.896. The summed E-state index contributed by atoms with van der Waals surface area (Å²) >= 11 is 0. The fourth-order valence-corrected chi connectivity index (χ4v) is 28.0. The average molecular weight is 1850 g/mol. The van der Waals surface area contributed by atoms with Gasteiger partial charge in [-0.05, 0) is 58.3 Å². The molecule has 9 fully saturated rings. The third-order valence-corrected chi connectivity index (χ3v) is 31.4. The van der Waals surface area contributed by atoms with Gasteiger partial charge in [0.2, 0.25) is 5.91 Å². The van der Waals surface area contributed by atoms with Crippen LogP contribution in [0.25, 0.3) is 0 Å². The van der Waals surface area contributed by atoms with Gasteiger partial charge in [0.25, 0.3) is 0 Å². The van der Waals surface area contributed by atoms with Crippen molar-refractivity contribution in [2.45, 2.75) is 342 Å². The number of aliphatic hydroxyl groups is 26. The minimum atomic E-state index is -2.56. The minimum Gasteiger partial charge on any atom is -0.437 e. The lowest BCUT2D eigenvalue weighted by atomic mass is 9.95. The summed E-state index contributed by atoms with van der Waals surface area (Å²) in [5, 5.41) is 297. The molecule has 0 aromatic carbocycles. The molecule has 17 unspecified atom stereocenters. The summed E-state index contributed by atoms with van der Waals surface area (Å²) in [4.78, 5) is 14.4. The van der Waals surface area contributed by atoms with Crippen molar-refractivity contribution in [1.82, 2.24) is 19.9 Å². The highest BCUT2D eigenvalue weighted by Gasteiger charge is 2.59. The van der Waals surface area contributed by atoms with Gasteiger partial charge in [-0.1, -0.05) is 5.21 Å². The minimum absolute atomic E-state index is 0.0730. The molecule has 54 heteroatoms. The van der Waals surface area contributed by atoms with Crippen molar-refractivity contribution < 1.29 is 231 Å². The van der Waals surface area contributed by atoms with Gasteiger partial charge in [0, 0.05) is 13.5 Å². The van der Waals surface area contributed by atoms with Gasteiger partial charge < -0.3 is 231 Å². The topological polar surface area (TPSA) is 762 Å². The first-order valence-corrected chi connectivity index (χ1v) is 49.6. The molecule has 10 rings (SSSR count). The molecule has 10 heterocycles. The normalized spacial score (nSPS) is 44.7. The van der Waals surface area contributed by atoms with Crippen LogP contribution >= 0.6 is 0 Å². The van der Waals surface area contributed by atoms with Crippen molar-refractivity contribution in [3.8, 4) is 0 Å². The highest BCUT2D eigenvalue weighted by Crippen LogP contribution is 2.39. The maximum atomic E-state index is 13.5. The summed E-state index contributed by atoms with van der Waals surface area (Å²) < 4.78 is 120. The quantitative estimate of drug-likeness (QED) is 0.0217. The average Bonchev–Trinajstić information content (AvgIpc) is 1.14. The van der Waals surface area contributed by atoms with Crippen LogP contribution in [-0.2, 0) is 111 Å². The Bertz CT molecular complexity index is 3340. The largest absolute Gasteiger partial charge is 0.437 e. The standard InChI is InChI=1S/C69H124N4O47Si3/c1-25(77)73(13-26-12-72(71-70-26)14-27(78)18-101-10-9-11-123(8,119-121(2,3)4)120-122(5,6)7)61-49(94)46(91)56(33(17-76)108-61)114-66-54(99)47(92)58(36(112-66)24-107-69-60(39(84)30(81)21-104-69)118-64-52(97)44(89)41(86)32(16-75)110-64)116-67-55(100)48(93)57(115-65-53(98)45(90)42(87)34(111-65)22-105-62-50(95)37(82)28(79)19-102-62)35(113-67)23-106-68-59(38(83)29(80)20-103-68)117-63-51(96)43(88)40(85)31(15-74)109-63/h12,27-69,74-76,78-100H,9-11,13-24H2,1-8H3/t27?,28-,29+,30-,31?,32?,33+,34?,35+,36?,37+,38?,39+,40+,41+,42-,43+,44+,45+,46?,47-,48?,49?,50?,51?,52+,53?,54?,55?,56-,57-,58-,59?,60?,61-,62-,63+,64?,65+,66+,67+,68+,69-/m1/s1. The van der Waals surface area contributed by atoms with Crippen LogP contribution in [-0.4, -0.2) is 521 Å². The van der Waals surface area contributed by atoms with Crippen LogP contribution in [0.4, 0.5) is 0 Å². The molecule has 26 N–H and O–H groups in total. The molecule has 1 aromatic rings. The Morgan fingerprint density at radius 2 is 0.789 bits per heavy atom. The van der Waals surface area contributed by atoms with Crippen molar-refractivity contribution in [3.05, 3.63) is 11.9 Å². The zero-order valence-corrected chi connectivity index (χ0v) is 71.5. The molecule has 1 aromatic heterocycles. The van der Waals surface area contributed by atoms with Gasteiger partial charge in [-0.15, -0.1) is 5.10 Å². The first kappa shape index (κ1) is 103. The van der Waals surface area contributed by atoms with Gasteiger partial charge in [-0.25, -0.2) is 4.68 Å². The molecule has 0 radical (unpaired) electrons. The second kappa shape index (κ2) is 44.3. The summed E-state index contributed by atoms with van der Waals surface area (Å²) in [5.74, 6) is -0.788. The van der Waals surface area contributed by atoms with Gasteiger partial charge in [0.1, 0.15) is 207 Å². The third-order valence-electron chi connectivity index (χ3n) is 21.8. The first-order valence-electron chi connectivity index (χ1n) is 40.3. The van der Waals surface area contributed by atoms with Gasteiger partial charge in [-0.3, -0.25) is 4.79 Å². The summed E-state index contributed by atoms with van der Waals surface area (Å²) in [7, 11) is -6.48. The Morgan fingerprint density at radius 3 is 1.22 bits per heavy atom. The molecular weight excluding hydrogens is 1720 g/mol. The van der Waals surface area contributed by atoms with E-state index in [9.17, 15) is 138 Å². The van der Waals surface area contributed by atoms with Crippen LogP contribution in [0.15, 0.2) is 6.20 Å². The van der Waals surface area contributed by atoms with E-state index < -0.39 is 361 Å². The second-order valence-corrected chi connectivity index (χ2v) is 46.8. The van der Waals surface area contributed by atoms with E-state index in [1.54, 1.807) is 0 Å². The van der Waals surface area contributed by atoms with E-state index in [1.165, 1.54) is 10.9 Å². The van der Waals surface area contributed by atoms with E-state index in [0.29, 0.717) is 12.5 Å². The summed E-state index contributed by atoms with van der Waals surface area (Å²) in [6, 6.07) is 0.665. The first-order chi connectivity index (χ1) is 57.8. The number of ether oxygens (including phenoxy) is 18. The van der Waals surface area contributed by atoms with Crippen LogP contribution in [0.2, 0.25) is 51.9 Å². The van der Waals surface area contributed by atoms with Crippen molar-refractivity contribution in [1.29, 1.82) is 0 Å². The highest BCUT2D eigenvalue weighted by atomic mass is 28.5. The number of hydrogen-bond donors (Lipinski definition) is 26. The monoisotopic (exact) mass is 1840 g/mol. The zero-order chi connectivity index (χ0) is 90.5. The van der Waals surface area contributed by atoms with Crippen molar-refractivity contribution in [2.75, 3.05) is 72.7 Å². The van der Waals surface area contributed by atoms with Crippen molar-refractivity contribution in [2.24, 2.45) is 0 Å². The number of nitrogens with zero attached hydrogens (tertiary/aromatic N) is 4. The lowest BCUT2D eigenvalue weighted by Gasteiger charge is -2.50. The van der Waals surface area contributed by atoms with Crippen molar-refractivity contribution in [3.63, 3.8) is 0 Å². The molecule has 9 aliphatic heterocycles. The number of hydrogen-bond acceptors (Lipinski definition) is 49. The van der Waals surface area contributed by atoms with Crippen LogP contribution in [0.5, 0.6) is 0 Å². The highest BCUT2D eigenvalue weighted by molar-refractivity contribution is 6.87. The molecule has 1 amide bonds. The molecule has 123 heavy (non-hydrogen) atoms. The predicted octanol–water partition coefficient (Wildman–Crippen LogP) is -15.5. The molecule has 0 aliphatic carbocycles. The van der Waals surface area contributed by atoms with Gasteiger partial charge >= 0.3 is 8.56 Å². The fraction of sp³-hybridized carbons (Fsp3) is 0.957. The Kier molecular flexibility index (Phi) is 36.9. The van der Waals surface area contributed by atoms with E-state index in [0.717, 1.165) is 11.8 Å². The molecule has 43 atom stereocenters. The molecular formula is C69H124N4O47Si3. The molecule has 9 saturated heterocycles. The van der Waals surface area contributed by atoms with Crippen LogP contribution in [0.3, 0.4) is 0 Å². The van der Waals surface area contributed by atoms with Gasteiger partial charge in [-0.2, -0.15) is 0 Å². The summed E-state index contributed by atoms with van der Waals surface area (Å²) in [6.45, 7) is 7.15. The Labute approximate surface area is 706 Å². The maximum absolute atomic E-state index is 13.5. The third kappa shape index (κ3) is 25.2. The zero-order valence-electron chi connectivity index (χ0n) is 68.5. The molecule has 714 valence electrons. The SMILES string of the molecule is CC(=O)N(Cc1cn(CC(O)COCCC[Si](C)(O[Si](C)(C)C)O[Si](C)(C)C)nn1)[C@@H]1O[C@@H](CO)[C@@H](O[C@@H]2OC(CO[C@H]3OC[C@@H](O)[C@H](O)C3OC3OC(CO)[C@H](O)[C@H](O)[C@@H]3O)[C@@H](O[C@@H]3O[C@@H](CO[C@@H]4OC[C@H](O)C(O)C4O[C@@H]4OC(CO)[C@H](O)[C@H](O)C4O)[C@@H](O[C@@H]4OC(CO[C@H]5OC[C@@H](O)[C@H](O)C5O)[C@@H](O)[C@H](O)C4O)C(O)C3O)[C@H](O)C2O)C(O)C1O. The van der Waals surface area contributed by atoms with E-state index in [1.807, 2.05) is 0 Å². The fourth-order valence-electron chi connectivity index (χ4n) is 15.5. The van der Waals surface area contributed by atoms with E-state index in [4.69, 9.17) is 93.5 Å². The number of carbonyl (C=O) groups is 1. The van der Waals surface area contributed by atoms with Crippen molar-refractivity contribution >= 4 is 31.1 Å². The van der Waals surface area contributed by atoms with Crippen LogP contribution in [0.1, 0.15) is 19.0 Å². The number of amides is 1. The second-order valence-electron chi connectivity index (χ2n) is 33.9. The van der Waals surface area contributed by atoms with E-state index in [-0.39, 0.29) is 25.5 Å². The molecule has 0 bridgehead atoms. The molecule has 0 spiro atoms. The number of aromatic nitrogens is 3. The van der Waals surface area contributed by atoms with E-state index >= 15 is 0 Å². The Hall–Kier alpha value is -2.58. The predicted molar refractivity (Wildman–Crippen MR) is 400 cm³/mol. The lowest BCUT2D eigenvalue weighted by Crippen LogP contribution is -2.68. The summed E-state index contributed by atoms with van der Waals surface area (Å²) in [5.41, 5.74) is 0.0730.